The number of anilines is 1. The van der Waals surface area contributed by atoms with Gasteiger partial charge in [-0.2, -0.15) is 5.26 Å². The predicted molar refractivity (Wildman–Crippen MR) is 82.4 cm³/mol. The number of hydrogen-bond donors (Lipinski definition) is 0. The Hall–Kier alpha value is -1.54. The lowest BCUT2D eigenvalue weighted by atomic mass is 10.1. The first-order valence-electron chi connectivity index (χ1n) is 5.66. The zero-order valence-electron chi connectivity index (χ0n) is 10.1. The van der Waals surface area contributed by atoms with Crippen LogP contribution in [0.4, 0.5) is 5.69 Å². The Kier molecular flexibility index (Phi) is 4.21. The molecule has 0 amide bonds. The largest absolute Gasteiger partial charge is 0.369 e. The fourth-order valence-corrected chi connectivity index (χ4v) is 2.43. The van der Waals surface area contributed by atoms with Gasteiger partial charge >= 0.3 is 0 Å². The molecule has 2 aromatic rings. The van der Waals surface area contributed by atoms with Gasteiger partial charge in [0, 0.05) is 17.2 Å². The molecule has 0 radical (unpaired) electrons. The molecule has 18 heavy (non-hydrogen) atoms. The van der Waals surface area contributed by atoms with Crippen molar-refractivity contribution in [3.05, 3.63) is 63.2 Å². The predicted octanol–water partition coefficient (Wildman–Crippen LogP) is 3.80. The molecule has 0 aliphatic rings. The van der Waals surface area contributed by atoms with Gasteiger partial charge in [-0.1, -0.05) is 30.3 Å². The lowest BCUT2D eigenvalue weighted by Gasteiger charge is -2.21. The monoisotopic (exact) mass is 348 g/mol. The van der Waals surface area contributed by atoms with Gasteiger partial charge in [-0.25, -0.2) is 0 Å². The number of rotatable bonds is 3. The molecule has 0 atom stereocenters. The third-order valence-electron chi connectivity index (χ3n) is 2.80. The zero-order chi connectivity index (χ0) is 13.0. The molecule has 0 aliphatic carbocycles. The second-order valence-corrected chi connectivity index (χ2v) is 5.24. The van der Waals surface area contributed by atoms with Gasteiger partial charge in [0.1, 0.15) is 6.07 Å². The van der Waals surface area contributed by atoms with Crippen LogP contribution in [0.25, 0.3) is 0 Å². The van der Waals surface area contributed by atoms with E-state index in [1.165, 1.54) is 9.13 Å². The van der Waals surface area contributed by atoms with Crippen molar-refractivity contribution in [3.8, 4) is 6.07 Å². The van der Waals surface area contributed by atoms with Crippen LogP contribution in [0.15, 0.2) is 48.5 Å². The van der Waals surface area contributed by atoms with Gasteiger partial charge < -0.3 is 4.90 Å². The van der Waals surface area contributed by atoms with E-state index >= 15 is 0 Å². The molecule has 2 aromatic carbocycles. The minimum absolute atomic E-state index is 0.714. The topological polar surface area (TPSA) is 27.0 Å². The van der Waals surface area contributed by atoms with Crippen molar-refractivity contribution in [1.29, 1.82) is 5.26 Å². The highest BCUT2D eigenvalue weighted by Gasteiger charge is 2.08. The zero-order valence-corrected chi connectivity index (χ0v) is 12.3. The van der Waals surface area contributed by atoms with Crippen molar-refractivity contribution in [2.75, 3.05) is 11.9 Å². The molecule has 3 heteroatoms. The first kappa shape index (κ1) is 12.9. The molecule has 0 unspecified atom stereocenters. The number of nitrogens with zero attached hydrogens (tertiary/aromatic N) is 2. The first-order chi connectivity index (χ1) is 8.72. The summed E-state index contributed by atoms with van der Waals surface area (Å²) in [5.41, 5.74) is 2.96. The summed E-state index contributed by atoms with van der Waals surface area (Å²) >= 11 is 2.34. The van der Waals surface area contributed by atoms with E-state index in [0.717, 1.165) is 12.2 Å². The maximum Gasteiger partial charge on any atom is 0.101 e. The number of para-hydroxylation sites is 1. The molecule has 0 aliphatic heterocycles. The van der Waals surface area contributed by atoms with Gasteiger partial charge in [-0.3, -0.25) is 0 Å². The van der Waals surface area contributed by atoms with E-state index < -0.39 is 0 Å². The Morgan fingerprint density at radius 3 is 2.50 bits per heavy atom. The molecule has 0 fully saturated rings. The van der Waals surface area contributed by atoms with Crippen LogP contribution < -0.4 is 4.90 Å². The minimum Gasteiger partial charge on any atom is -0.369 e. The molecule has 0 N–H and O–H groups in total. The smallest absolute Gasteiger partial charge is 0.101 e. The van der Waals surface area contributed by atoms with Crippen molar-refractivity contribution in [3.63, 3.8) is 0 Å². The Morgan fingerprint density at radius 2 is 1.78 bits per heavy atom. The van der Waals surface area contributed by atoms with Crippen LogP contribution in [-0.2, 0) is 6.54 Å². The molecule has 0 saturated heterocycles. The molecule has 0 saturated carbocycles. The molecule has 0 heterocycles. The lowest BCUT2D eigenvalue weighted by Crippen LogP contribution is -2.18. The Morgan fingerprint density at radius 1 is 1.11 bits per heavy atom. The van der Waals surface area contributed by atoms with Crippen molar-refractivity contribution in [2.24, 2.45) is 0 Å². The molecule has 0 spiro atoms. The summed E-state index contributed by atoms with van der Waals surface area (Å²) in [6, 6.07) is 18.2. The number of nitriles is 1. The molecule has 2 nitrogen and oxygen atoms in total. The van der Waals surface area contributed by atoms with Gasteiger partial charge in [0.15, 0.2) is 0 Å². The van der Waals surface area contributed by atoms with Crippen molar-refractivity contribution in [1.82, 2.24) is 0 Å². The Bertz CT molecular complexity index is 587. The van der Waals surface area contributed by atoms with E-state index in [2.05, 4.69) is 45.7 Å². The standard InChI is InChI=1S/C15H13IN2/c1-18(11-13-7-2-4-8-14(13)16)15-9-5-3-6-12(15)10-17/h2-9H,11H2,1H3. The minimum atomic E-state index is 0.714. The SMILES string of the molecule is CN(Cc1ccccc1I)c1ccccc1C#N. The number of hydrogen-bond acceptors (Lipinski definition) is 2. The highest BCUT2D eigenvalue weighted by Crippen LogP contribution is 2.21. The summed E-state index contributed by atoms with van der Waals surface area (Å²) in [5.74, 6) is 0. The maximum atomic E-state index is 9.11. The van der Waals surface area contributed by atoms with Crippen LogP contribution in [0.1, 0.15) is 11.1 Å². The second kappa shape index (κ2) is 5.87. The van der Waals surface area contributed by atoms with Crippen LogP contribution in [-0.4, -0.2) is 7.05 Å². The highest BCUT2D eigenvalue weighted by molar-refractivity contribution is 14.1. The van der Waals surface area contributed by atoms with E-state index in [9.17, 15) is 0 Å². The molecular weight excluding hydrogens is 335 g/mol. The van der Waals surface area contributed by atoms with Gasteiger partial charge in [0.25, 0.3) is 0 Å². The van der Waals surface area contributed by atoms with E-state index in [1.54, 1.807) is 0 Å². The summed E-state index contributed by atoms with van der Waals surface area (Å²) in [6.45, 7) is 0.803. The fraction of sp³-hybridized carbons (Fsp3) is 0.133. The van der Waals surface area contributed by atoms with Crippen molar-refractivity contribution in [2.45, 2.75) is 6.54 Å². The second-order valence-electron chi connectivity index (χ2n) is 4.08. The Labute approximate surface area is 121 Å². The number of benzene rings is 2. The van der Waals surface area contributed by atoms with Crippen LogP contribution in [0, 0.1) is 14.9 Å². The molecule has 0 bridgehead atoms. The van der Waals surface area contributed by atoms with E-state index in [1.807, 2.05) is 43.4 Å². The van der Waals surface area contributed by atoms with Crippen molar-refractivity contribution < 1.29 is 0 Å². The maximum absolute atomic E-state index is 9.11. The average Bonchev–Trinajstić information content (AvgIpc) is 2.41. The summed E-state index contributed by atoms with van der Waals surface area (Å²) in [6.07, 6.45) is 0. The van der Waals surface area contributed by atoms with E-state index in [4.69, 9.17) is 5.26 Å². The number of halogens is 1. The summed E-state index contributed by atoms with van der Waals surface area (Å²) in [4.78, 5) is 2.11. The van der Waals surface area contributed by atoms with Gasteiger partial charge in [-0.15, -0.1) is 0 Å². The molecule has 90 valence electrons. The van der Waals surface area contributed by atoms with Gasteiger partial charge in [0.2, 0.25) is 0 Å². The Balaban J connectivity index is 2.26. The van der Waals surface area contributed by atoms with Crippen LogP contribution in [0.3, 0.4) is 0 Å². The van der Waals surface area contributed by atoms with Gasteiger partial charge in [0.05, 0.1) is 11.3 Å². The molecule has 2 rings (SSSR count). The first-order valence-corrected chi connectivity index (χ1v) is 6.74. The molecular formula is C15H13IN2. The van der Waals surface area contributed by atoms with Crippen LogP contribution >= 0.6 is 22.6 Å². The van der Waals surface area contributed by atoms with E-state index in [0.29, 0.717) is 5.56 Å². The normalized spacial score (nSPS) is 9.83. The third-order valence-corrected chi connectivity index (χ3v) is 3.85. The lowest BCUT2D eigenvalue weighted by molar-refractivity contribution is 0.916. The highest BCUT2D eigenvalue weighted by atomic mass is 127. The summed E-state index contributed by atoms with van der Waals surface area (Å²) in [7, 11) is 2.01. The fourth-order valence-electron chi connectivity index (χ4n) is 1.87. The van der Waals surface area contributed by atoms with Crippen LogP contribution in [0.5, 0.6) is 0 Å². The van der Waals surface area contributed by atoms with Gasteiger partial charge in [-0.05, 0) is 46.4 Å². The quantitative estimate of drug-likeness (QED) is 0.789. The third kappa shape index (κ3) is 2.82. The molecule has 0 aromatic heterocycles. The van der Waals surface area contributed by atoms with E-state index in [-0.39, 0.29) is 0 Å². The van der Waals surface area contributed by atoms with Crippen molar-refractivity contribution >= 4 is 28.3 Å². The van der Waals surface area contributed by atoms with Crippen LogP contribution in [0.2, 0.25) is 0 Å². The summed E-state index contributed by atoms with van der Waals surface area (Å²) < 4.78 is 1.25. The summed E-state index contributed by atoms with van der Waals surface area (Å²) in [5, 5.41) is 9.11. The average molecular weight is 348 g/mol.